The van der Waals surface area contributed by atoms with Crippen LogP contribution in [-0.4, -0.2) is 68.2 Å². The van der Waals surface area contributed by atoms with Gasteiger partial charge in [-0.2, -0.15) is 16.8 Å². The van der Waals surface area contributed by atoms with E-state index in [9.17, 15) is 21.6 Å². The van der Waals surface area contributed by atoms with E-state index in [0.29, 0.717) is 31.9 Å². The number of aliphatic carboxylic acids is 1. The molecule has 172 valence electrons. The molecule has 11 nitrogen and oxygen atoms in total. The first-order valence-electron chi connectivity index (χ1n) is 8.69. The van der Waals surface area contributed by atoms with Gasteiger partial charge in [0.2, 0.25) is 0 Å². The molecular weight excluding hydrogens is 426 g/mol. The summed E-state index contributed by atoms with van der Waals surface area (Å²) >= 11 is 0. The summed E-state index contributed by atoms with van der Waals surface area (Å²) in [7, 11) is -7.33. The van der Waals surface area contributed by atoms with Crippen molar-refractivity contribution in [3.63, 3.8) is 0 Å². The molecular formula is C16H33N3O8S2. The van der Waals surface area contributed by atoms with Crippen LogP contribution in [0.25, 0.3) is 1.43 Å². The van der Waals surface area contributed by atoms with Crippen LogP contribution in [0.15, 0.2) is 30.3 Å². The van der Waals surface area contributed by atoms with E-state index in [0.717, 1.165) is 6.42 Å². The fourth-order valence-electron chi connectivity index (χ4n) is 1.44. The fraction of sp³-hybridized carbons (Fsp3) is 0.562. The third kappa shape index (κ3) is 46.4. The molecule has 1 aromatic carbocycles. The summed E-state index contributed by atoms with van der Waals surface area (Å²) in [5, 5.41) is 3.65. The molecule has 0 spiro atoms. The van der Waals surface area contributed by atoms with Gasteiger partial charge in [-0.05, 0) is 38.3 Å². The van der Waals surface area contributed by atoms with Crippen molar-refractivity contribution in [3.8, 4) is 0 Å². The Kier molecular flexibility index (Phi) is 17.6. The molecule has 0 aliphatic rings. The van der Waals surface area contributed by atoms with Gasteiger partial charge >= 0.3 is 5.97 Å². The van der Waals surface area contributed by atoms with Gasteiger partial charge < -0.3 is 22.3 Å². The Morgan fingerprint density at radius 3 is 1.79 bits per heavy atom. The second-order valence-corrected chi connectivity index (χ2v) is 8.92. The molecule has 0 heterocycles. The largest absolute Gasteiger partial charge is 0.480 e. The molecule has 0 saturated heterocycles. The Labute approximate surface area is 174 Å². The molecule has 1 rings (SSSR count). The zero-order valence-corrected chi connectivity index (χ0v) is 18.4. The van der Waals surface area contributed by atoms with Crippen LogP contribution in [0.1, 0.15) is 25.3 Å². The number of benzene rings is 1. The molecule has 9 N–H and O–H groups in total. The van der Waals surface area contributed by atoms with E-state index in [1.807, 2.05) is 25.1 Å². The van der Waals surface area contributed by atoms with E-state index in [4.69, 9.17) is 27.7 Å². The minimum Gasteiger partial charge on any atom is -0.480 e. The molecule has 0 fully saturated rings. The molecule has 0 radical (unpaired) electrons. The first kappa shape index (κ1) is 29.6. The zero-order chi connectivity index (χ0) is 24.4. The predicted octanol–water partition coefficient (Wildman–Crippen LogP) is -0.278. The van der Waals surface area contributed by atoms with Crippen LogP contribution in [0, 0.1) is 0 Å². The minimum atomic E-state index is -3.67. The number of carboxylic acid groups (broad SMARTS) is 1. The summed E-state index contributed by atoms with van der Waals surface area (Å²) in [5.74, 6) is -0.701. The van der Waals surface area contributed by atoms with Crippen molar-refractivity contribution in [2.24, 2.45) is 17.2 Å². The molecule has 0 aliphatic carbocycles. The van der Waals surface area contributed by atoms with Gasteiger partial charge in [0.25, 0.3) is 21.7 Å². The lowest BCUT2D eigenvalue weighted by atomic mass is 10.1. The average molecular weight is 461 g/mol. The number of carbonyl (C=O) groups is 1. The third-order valence-corrected chi connectivity index (χ3v) is 2.42. The Morgan fingerprint density at radius 2 is 1.48 bits per heavy atom. The van der Waals surface area contributed by atoms with Gasteiger partial charge in [-0.25, -0.2) is 0 Å². The number of hydrogen-bond donors (Lipinski definition) is 6. The molecule has 0 bridgehead atoms. The van der Waals surface area contributed by atoms with Crippen LogP contribution in [0.4, 0.5) is 0 Å². The van der Waals surface area contributed by atoms with Crippen molar-refractivity contribution < 1.29 is 35.8 Å². The molecule has 29 heavy (non-hydrogen) atoms. The van der Waals surface area contributed by atoms with E-state index < -0.39 is 32.2 Å². The quantitative estimate of drug-likeness (QED) is 0.303. The van der Waals surface area contributed by atoms with Crippen molar-refractivity contribution in [3.05, 3.63) is 35.9 Å². The summed E-state index contributed by atoms with van der Waals surface area (Å²) < 4.78 is 57.9. The van der Waals surface area contributed by atoms with Gasteiger partial charge in [-0.1, -0.05) is 30.3 Å². The zero-order valence-electron chi connectivity index (χ0n) is 17.8. The molecule has 13 heteroatoms. The van der Waals surface area contributed by atoms with E-state index in [1.54, 1.807) is 0 Å². The lowest BCUT2D eigenvalue weighted by Crippen LogP contribution is -2.30. The number of hydrogen-bond acceptors (Lipinski definition) is 9. The van der Waals surface area contributed by atoms with Gasteiger partial charge in [0.15, 0.2) is 0 Å². The highest BCUT2D eigenvalue weighted by molar-refractivity contribution is 7.85. The smallest absolute Gasteiger partial charge is 0.320 e. The number of nitrogens with two attached hydrogens (primary N) is 3. The van der Waals surface area contributed by atoms with Crippen molar-refractivity contribution in [2.75, 3.05) is 19.1 Å². The number of carboxylic acids is 1. The number of rotatable bonds is 6. The standard InChI is InChI=1S/C9H13N.C5H12N2O2.2CH4O3S/c1-8(10)7-9-5-3-2-4-6-9;6-3-1-2-4(7)5(8)9;2*1-5(2,3)4/h2-6,8H,7,10H2,1H3;4H,1-3,6-7H2,(H,8,9);2*1H3,(H,2,3,4)/t;4-;;/m.0../s1/i/hD. The Morgan fingerprint density at radius 1 is 1.07 bits per heavy atom. The maximum Gasteiger partial charge on any atom is 0.320 e. The first-order valence-corrected chi connectivity index (χ1v) is 12.0. The molecule has 2 atom stereocenters. The first-order chi connectivity index (χ1) is 13.5. The van der Waals surface area contributed by atoms with Crippen LogP contribution in [0.2, 0.25) is 0 Å². The van der Waals surface area contributed by atoms with Crippen LogP contribution in [-0.2, 0) is 31.5 Å². The summed E-state index contributed by atoms with van der Waals surface area (Å²) in [6, 6.07) is 9.87. The third-order valence-electron chi connectivity index (χ3n) is 2.42. The van der Waals surface area contributed by atoms with Crippen LogP contribution >= 0.6 is 0 Å². The molecule has 1 unspecified atom stereocenters. The van der Waals surface area contributed by atoms with Crippen molar-refractivity contribution in [1.29, 1.82) is 1.43 Å². The second-order valence-electron chi connectivity index (χ2n) is 5.99. The lowest BCUT2D eigenvalue weighted by molar-refractivity contribution is -0.138. The normalized spacial score (nSPS) is 12.9. The van der Waals surface area contributed by atoms with Crippen molar-refractivity contribution >= 4 is 26.2 Å². The van der Waals surface area contributed by atoms with Gasteiger partial charge in [-0.3, -0.25) is 13.9 Å². The Bertz CT molecular complexity index is 714. The average Bonchev–Trinajstić information content (AvgIpc) is 2.57. The van der Waals surface area contributed by atoms with Gasteiger partial charge in [0, 0.05) is 6.04 Å². The predicted molar refractivity (Wildman–Crippen MR) is 113 cm³/mol. The highest BCUT2D eigenvalue weighted by Gasteiger charge is 2.08. The van der Waals surface area contributed by atoms with Gasteiger partial charge in [0.1, 0.15) is 6.04 Å². The molecule has 0 aromatic heterocycles. The summed E-state index contributed by atoms with van der Waals surface area (Å²) in [6.07, 6.45) is 3.56. The van der Waals surface area contributed by atoms with E-state index in [2.05, 4.69) is 17.2 Å². The molecule has 0 saturated carbocycles. The van der Waals surface area contributed by atoms with Gasteiger partial charge in [0.05, 0.1) is 12.5 Å². The topological polar surface area (TPSA) is 224 Å². The maximum absolute atomic E-state index is 10.4. The minimum absolute atomic E-state index is 0.266. The lowest BCUT2D eigenvalue weighted by Gasteiger charge is -2.02. The fourth-order valence-corrected chi connectivity index (χ4v) is 1.44. The summed E-state index contributed by atoms with van der Waals surface area (Å²) in [4.78, 5) is 10.4. The monoisotopic (exact) mass is 460 g/mol. The van der Waals surface area contributed by atoms with Crippen LogP contribution < -0.4 is 17.2 Å². The molecule has 1 aromatic rings. The van der Waals surface area contributed by atoms with E-state index in [-0.39, 0.29) is 6.04 Å². The molecule has 0 amide bonds. The highest BCUT2D eigenvalue weighted by atomic mass is 32.2. The Hall–Kier alpha value is -1.61. The Balaban J connectivity index is -0.000000343. The van der Waals surface area contributed by atoms with Crippen molar-refractivity contribution in [2.45, 2.75) is 38.3 Å². The van der Waals surface area contributed by atoms with E-state index >= 15 is 0 Å². The molecule has 0 aliphatic heterocycles. The summed E-state index contributed by atoms with van der Waals surface area (Å²) in [5.41, 5.74) is 17.4. The summed E-state index contributed by atoms with van der Waals surface area (Å²) in [6.45, 7) is 2.52. The SMILES string of the molecule is CC(N)Cc1ccccc1.CS(=O)(=O)O.CS(=O)(=O)O.[2H]OC(=O)[C@@H](N)CCCN. The van der Waals surface area contributed by atoms with Crippen LogP contribution in [0.5, 0.6) is 0 Å². The van der Waals surface area contributed by atoms with Crippen molar-refractivity contribution in [1.82, 2.24) is 0 Å². The van der Waals surface area contributed by atoms with E-state index in [1.165, 1.54) is 5.56 Å². The van der Waals surface area contributed by atoms with Crippen LogP contribution in [0.3, 0.4) is 0 Å². The maximum atomic E-state index is 10.4. The second kappa shape index (κ2) is 17.3. The highest BCUT2D eigenvalue weighted by Crippen LogP contribution is 2.00. The van der Waals surface area contributed by atoms with Gasteiger partial charge in [-0.15, -0.1) is 0 Å².